The average molecular weight is 328 g/mol. The minimum absolute atomic E-state index is 0.341. The summed E-state index contributed by atoms with van der Waals surface area (Å²) in [5.41, 5.74) is 0.947. The second-order valence-corrected chi connectivity index (χ2v) is 7.27. The molecule has 0 amide bonds. The zero-order chi connectivity index (χ0) is 17.3. The van der Waals surface area contributed by atoms with Crippen LogP contribution >= 0.6 is 0 Å². The summed E-state index contributed by atoms with van der Waals surface area (Å²) < 4.78 is 0. The van der Waals surface area contributed by atoms with Crippen molar-refractivity contribution in [2.75, 3.05) is 0 Å². The standard InChI is InChI=1S/C21H33N3/c1-4-5-6-7-8-9-13-16-19-22-20(24-21(2,3)23-19)17-18-14-11-10-12-15-18/h10-12,14-15H,4-9,13,16-17H2,1-3H3,(H,22,23,24). The van der Waals surface area contributed by atoms with Crippen LogP contribution in [-0.4, -0.2) is 17.3 Å². The zero-order valence-corrected chi connectivity index (χ0v) is 15.6. The third-order valence-corrected chi connectivity index (χ3v) is 4.34. The molecule has 3 heteroatoms. The number of aliphatic imine (C=N–C) groups is 2. The highest BCUT2D eigenvalue weighted by atomic mass is 15.2. The van der Waals surface area contributed by atoms with Gasteiger partial charge in [0, 0.05) is 12.8 Å². The summed E-state index contributed by atoms with van der Waals surface area (Å²) in [4.78, 5) is 9.53. The number of rotatable bonds is 10. The van der Waals surface area contributed by atoms with Crippen LogP contribution in [0.3, 0.4) is 0 Å². The summed E-state index contributed by atoms with van der Waals surface area (Å²) in [5, 5.41) is 3.47. The normalized spacial score (nSPS) is 16.3. The molecule has 0 aromatic heterocycles. The minimum Gasteiger partial charge on any atom is -0.332 e. The molecule has 1 aliphatic heterocycles. The lowest BCUT2D eigenvalue weighted by molar-refractivity contribution is 0.534. The van der Waals surface area contributed by atoms with E-state index in [1.54, 1.807) is 0 Å². The first-order chi connectivity index (χ1) is 11.6. The van der Waals surface area contributed by atoms with Crippen LogP contribution in [0.25, 0.3) is 0 Å². The van der Waals surface area contributed by atoms with Crippen molar-refractivity contribution in [3.63, 3.8) is 0 Å². The molecule has 2 rings (SSSR count). The topological polar surface area (TPSA) is 36.8 Å². The highest BCUT2D eigenvalue weighted by molar-refractivity contribution is 6.03. The summed E-state index contributed by atoms with van der Waals surface area (Å²) in [6.07, 6.45) is 11.2. The van der Waals surface area contributed by atoms with E-state index in [0.29, 0.717) is 0 Å². The Balaban J connectivity index is 1.78. The molecule has 1 aromatic carbocycles. The van der Waals surface area contributed by atoms with Crippen molar-refractivity contribution in [1.82, 2.24) is 5.32 Å². The lowest BCUT2D eigenvalue weighted by atomic mass is 10.1. The monoisotopic (exact) mass is 327 g/mol. The molecular formula is C21H33N3. The van der Waals surface area contributed by atoms with Gasteiger partial charge < -0.3 is 5.32 Å². The average Bonchev–Trinajstić information content (AvgIpc) is 2.53. The maximum absolute atomic E-state index is 4.77. The first-order valence-corrected chi connectivity index (χ1v) is 9.57. The quantitative estimate of drug-likeness (QED) is 0.565. The number of amidine groups is 2. The molecule has 0 saturated heterocycles. The van der Waals surface area contributed by atoms with Gasteiger partial charge in [-0.05, 0) is 25.8 Å². The lowest BCUT2D eigenvalue weighted by Crippen LogP contribution is -2.40. The minimum atomic E-state index is -0.341. The van der Waals surface area contributed by atoms with E-state index in [1.807, 2.05) is 0 Å². The van der Waals surface area contributed by atoms with Crippen LogP contribution in [0.15, 0.2) is 40.3 Å². The fourth-order valence-electron chi connectivity index (χ4n) is 3.15. The summed E-state index contributed by atoms with van der Waals surface area (Å²) in [6.45, 7) is 6.44. The first-order valence-electron chi connectivity index (χ1n) is 9.57. The SMILES string of the molecule is CCCCCCCCCC1=NC(C)(C)N=C(Cc2ccccc2)N1. The molecule has 0 aliphatic carbocycles. The molecular weight excluding hydrogens is 294 g/mol. The van der Waals surface area contributed by atoms with Gasteiger partial charge in [0.25, 0.3) is 0 Å². The lowest BCUT2D eigenvalue weighted by Gasteiger charge is -2.26. The molecule has 0 bridgehead atoms. The summed E-state index contributed by atoms with van der Waals surface area (Å²) in [7, 11) is 0. The molecule has 1 heterocycles. The van der Waals surface area contributed by atoms with E-state index in [9.17, 15) is 0 Å². The second kappa shape index (κ2) is 9.61. The van der Waals surface area contributed by atoms with E-state index >= 15 is 0 Å². The third-order valence-electron chi connectivity index (χ3n) is 4.34. The Morgan fingerprint density at radius 1 is 0.833 bits per heavy atom. The molecule has 0 saturated carbocycles. The third kappa shape index (κ3) is 6.86. The van der Waals surface area contributed by atoms with Crippen molar-refractivity contribution in [3.05, 3.63) is 35.9 Å². The van der Waals surface area contributed by atoms with Gasteiger partial charge in [0.2, 0.25) is 0 Å². The van der Waals surface area contributed by atoms with Crippen LogP contribution < -0.4 is 5.32 Å². The van der Waals surface area contributed by atoms with E-state index in [1.165, 1.54) is 50.5 Å². The Morgan fingerprint density at radius 2 is 1.46 bits per heavy atom. The van der Waals surface area contributed by atoms with Gasteiger partial charge in [0.1, 0.15) is 17.3 Å². The molecule has 1 N–H and O–H groups in total. The van der Waals surface area contributed by atoms with Gasteiger partial charge in [-0.1, -0.05) is 75.8 Å². The highest BCUT2D eigenvalue weighted by Gasteiger charge is 2.22. The number of benzene rings is 1. The first kappa shape index (κ1) is 18.7. The van der Waals surface area contributed by atoms with E-state index in [0.717, 1.165) is 24.5 Å². The van der Waals surface area contributed by atoms with Gasteiger partial charge in [-0.2, -0.15) is 0 Å². The summed E-state index contributed by atoms with van der Waals surface area (Å²) in [6, 6.07) is 10.5. The predicted octanol–water partition coefficient (Wildman–Crippen LogP) is 5.51. The smallest absolute Gasteiger partial charge is 0.148 e. The van der Waals surface area contributed by atoms with Gasteiger partial charge >= 0.3 is 0 Å². The molecule has 3 nitrogen and oxygen atoms in total. The van der Waals surface area contributed by atoms with Crippen LogP contribution in [0, 0.1) is 0 Å². The van der Waals surface area contributed by atoms with Crippen molar-refractivity contribution < 1.29 is 0 Å². The van der Waals surface area contributed by atoms with Crippen molar-refractivity contribution >= 4 is 11.7 Å². The van der Waals surface area contributed by atoms with E-state index in [4.69, 9.17) is 9.98 Å². The molecule has 0 radical (unpaired) electrons. The van der Waals surface area contributed by atoms with Crippen molar-refractivity contribution in [2.45, 2.75) is 84.2 Å². The molecule has 0 spiro atoms. The number of nitrogens with one attached hydrogen (secondary N) is 1. The molecule has 0 unspecified atom stereocenters. The Hall–Kier alpha value is -1.64. The molecule has 0 atom stereocenters. The van der Waals surface area contributed by atoms with Crippen LogP contribution in [0.4, 0.5) is 0 Å². The van der Waals surface area contributed by atoms with E-state index in [2.05, 4.69) is 56.4 Å². The zero-order valence-electron chi connectivity index (χ0n) is 15.6. The van der Waals surface area contributed by atoms with Gasteiger partial charge in [0.05, 0.1) is 0 Å². The van der Waals surface area contributed by atoms with Crippen LogP contribution in [0.1, 0.15) is 77.7 Å². The van der Waals surface area contributed by atoms with E-state index in [-0.39, 0.29) is 5.66 Å². The maximum atomic E-state index is 4.77. The number of hydrogen-bond donors (Lipinski definition) is 1. The molecule has 24 heavy (non-hydrogen) atoms. The van der Waals surface area contributed by atoms with Crippen molar-refractivity contribution in [2.24, 2.45) is 9.98 Å². The Morgan fingerprint density at radius 3 is 2.17 bits per heavy atom. The largest absolute Gasteiger partial charge is 0.332 e. The Labute approximate surface area is 147 Å². The second-order valence-electron chi connectivity index (χ2n) is 7.27. The van der Waals surface area contributed by atoms with Gasteiger partial charge in [-0.15, -0.1) is 0 Å². The maximum Gasteiger partial charge on any atom is 0.148 e. The van der Waals surface area contributed by atoms with Crippen LogP contribution in [0.2, 0.25) is 0 Å². The highest BCUT2D eigenvalue weighted by Crippen LogP contribution is 2.18. The Kier molecular flexibility index (Phi) is 7.48. The van der Waals surface area contributed by atoms with Gasteiger partial charge in [0.15, 0.2) is 0 Å². The van der Waals surface area contributed by atoms with Crippen molar-refractivity contribution in [1.29, 1.82) is 0 Å². The summed E-state index contributed by atoms with van der Waals surface area (Å²) >= 11 is 0. The van der Waals surface area contributed by atoms with Crippen molar-refractivity contribution in [3.8, 4) is 0 Å². The van der Waals surface area contributed by atoms with Gasteiger partial charge in [-0.3, -0.25) is 0 Å². The molecule has 1 aromatic rings. The fraction of sp³-hybridized carbons (Fsp3) is 0.619. The predicted molar refractivity (Wildman–Crippen MR) is 105 cm³/mol. The van der Waals surface area contributed by atoms with Crippen LogP contribution in [0.5, 0.6) is 0 Å². The number of hydrogen-bond acceptors (Lipinski definition) is 3. The van der Waals surface area contributed by atoms with Crippen LogP contribution in [-0.2, 0) is 6.42 Å². The summed E-state index contributed by atoms with van der Waals surface area (Å²) in [5.74, 6) is 2.15. The molecule has 132 valence electrons. The molecule has 1 aliphatic rings. The number of unbranched alkanes of at least 4 members (excludes halogenated alkanes) is 6. The fourth-order valence-corrected chi connectivity index (χ4v) is 3.15. The van der Waals surface area contributed by atoms with E-state index < -0.39 is 0 Å². The Bertz CT molecular complexity index is 543. The number of nitrogens with zero attached hydrogens (tertiary/aromatic N) is 2. The van der Waals surface area contributed by atoms with Gasteiger partial charge in [-0.25, -0.2) is 9.98 Å². The molecule has 0 fully saturated rings.